The second-order valence-corrected chi connectivity index (χ2v) is 7.21. The fraction of sp³-hybridized carbons (Fsp3) is 0.250. The normalized spacial score (nSPS) is 13.1. The first-order valence-corrected chi connectivity index (χ1v) is 8.90. The summed E-state index contributed by atoms with van der Waals surface area (Å²) >= 11 is 0. The van der Waals surface area contributed by atoms with Gasteiger partial charge in [-0.1, -0.05) is 17.3 Å². The summed E-state index contributed by atoms with van der Waals surface area (Å²) < 4.78 is 34.6. The van der Waals surface area contributed by atoms with Crippen molar-refractivity contribution >= 4 is 10.0 Å². The smallest absolute Gasteiger partial charge is 0.246 e. The van der Waals surface area contributed by atoms with E-state index in [2.05, 4.69) is 14.9 Å². The first-order valence-electron chi connectivity index (χ1n) is 7.42. The average Bonchev–Trinajstić information content (AvgIpc) is 3.17. The van der Waals surface area contributed by atoms with Gasteiger partial charge in [-0.15, -0.1) is 0 Å². The van der Waals surface area contributed by atoms with Crippen molar-refractivity contribution in [2.24, 2.45) is 0 Å². The Morgan fingerprint density at radius 1 is 1.21 bits per heavy atom. The van der Waals surface area contributed by atoms with E-state index in [0.29, 0.717) is 5.69 Å². The van der Waals surface area contributed by atoms with Crippen LogP contribution in [-0.4, -0.2) is 23.1 Å². The summed E-state index contributed by atoms with van der Waals surface area (Å²) in [6, 6.07) is 7.21. The molecule has 1 aromatic carbocycles. The first kappa shape index (κ1) is 16.4. The predicted octanol–water partition coefficient (Wildman–Crippen LogP) is 2.52. The van der Waals surface area contributed by atoms with Gasteiger partial charge in [-0.2, -0.15) is 0 Å². The highest BCUT2D eigenvalue weighted by molar-refractivity contribution is 7.89. The lowest BCUT2D eigenvalue weighted by Gasteiger charge is -2.15. The molecule has 8 heteroatoms. The number of imidazole rings is 1. The molecule has 0 radical (unpaired) electrons. The molecule has 0 bridgehead atoms. The van der Waals surface area contributed by atoms with Crippen LogP contribution in [0, 0.1) is 13.8 Å². The van der Waals surface area contributed by atoms with E-state index in [4.69, 9.17) is 4.52 Å². The Morgan fingerprint density at radius 2 is 1.92 bits per heavy atom. The molecular weight excluding hydrogens is 328 g/mol. The summed E-state index contributed by atoms with van der Waals surface area (Å²) in [5.74, 6) is 0.280. The minimum Gasteiger partial charge on any atom is -0.360 e. The van der Waals surface area contributed by atoms with Crippen molar-refractivity contribution in [1.82, 2.24) is 19.4 Å². The molecule has 0 fully saturated rings. The van der Waals surface area contributed by atoms with Crippen molar-refractivity contribution in [2.75, 3.05) is 0 Å². The quantitative estimate of drug-likeness (QED) is 0.766. The maximum atomic E-state index is 12.5. The van der Waals surface area contributed by atoms with Gasteiger partial charge in [-0.25, -0.2) is 18.1 Å². The van der Waals surface area contributed by atoms with Gasteiger partial charge in [-0.05, 0) is 38.5 Å². The second-order valence-electron chi connectivity index (χ2n) is 5.56. The largest absolute Gasteiger partial charge is 0.360 e. The van der Waals surface area contributed by atoms with Crippen LogP contribution in [0.1, 0.15) is 30.0 Å². The third kappa shape index (κ3) is 3.10. The number of benzene rings is 1. The van der Waals surface area contributed by atoms with Gasteiger partial charge in [0.05, 0.1) is 6.33 Å². The molecule has 0 aliphatic carbocycles. The van der Waals surface area contributed by atoms with Crippen molar-refractivity contribution in [1.29, 1.82) is 0 Å². The fourth-order valence-electron chi connectivity index (χ4n) is 2.56. The third-order valence-corrected chi connectivity index (χ3v) is 5.55. The van der Waals surface area contributed by atoms with Crippen molar-refractivity contribution in [3.05, 3.63) is 60.0 Å². The van der Waals surface area contributed by atoms with Crippen LogP contribution >= 0.6 is 0 Å². The van der Waals surface area contributed by atoms with E-state index in [0.717, 1.165) is 11.3 Å². The Morgan fingerprint density at radius 3 is 2.46 bits per heavy atom. The minimum absolute atomic E-state index is 0.101. The monoisotopic (exact) mass is 346 g/mol. The molecule has 126 valence electrons. The van der Waals surface area contributed by atoms with Gasteiger partial charge in [0, 0.05) is 24.1 Å². The van der Waals surface area contributed by atoms with Crippen molar-refractivity contribution in [2.45, 2.75) is 31.7 Å². The van der Waals surface area contributed by atoms with Crippen molar-refractivity contribution < 1.29 is 12.9 Å². The fourth-order valence-corrected chi connectivity index (χ4v) is 4.13. The molecule has 0 aliphatic rings. The summed E-state index contributed by atoms with van der Waals surface area (Å²) in [6.07, 6.45) is 5.26. The number of aryl methyl sites for hydroxylation is 2. The summed E-state index contributed by atoms with van der Waals surface area (Å²) in [6.45, 7) is 4.98. The highest BCUT2D eigenvalue weighted by Gasteiger charge is 2.26. The Bertz CT molecular complexity index is 909. The van der Waals surface area contributed by atoms with E-state index in [1.54, 1.807) is 33.3 Å². The summed E-state index contributed by atoms with van der Waals surface area (Å²) in [7, 11) is -3.70. The van der Waals surface area contributed by atoms with E-state index < -0.39 is 10.0 Å². The molecule has 0 spiro atoms. The van der Waals surface area contributed by atoms with Gasteiger partial charge < -0.3 is 9.09 Å². The maximum Gasteiger partial charge on any atom is 0.246 e. The molecule has 2 aromatic heterocycles. The van der Waals surface area contributed by atoms with Gasteiger partial charge in [0.15, 0.2) is 5.76 Å². The van der Waals surface area contributed by atoms with Gasteiger partial charge in [0.25, 0.3) is 0 Å². The van der Waals surface area contributed by atoms with Crippen molar-refractivity contribution in [3.8, 4) is 5.69 Å². The van der Waals surface area contributed by atoms with Crippen LogP contribution in [0.3, 0.4) is 0 Å². The standard InChI is InChI=1S/C16H18N4O3S/c1-11(19-24(21,22)16-12(2)18-23-13(16)3)14-4-6-15(7-5-14)20-9-8-17-10-20/h4-11,19H,1-3H3. The lowest BCUT2D eigenvalue weighted by Crippen LogP contribution is -2.27. The van der Waals surface area contributed by atoms with Crippen LogP contribution in [0.2, 0.25) is 0 Å². The van der Waals surface area contributed by atoms with Crippen LogP contribution in [0.5, 0.6) is 0 Å². The van der Waals surface area contributed by atoms with E-state index in [1.165, 1.54) is 0 Å². The van der Waals surface area contributed by atoms with E-state index in [9.17, 15) is 8.42 Å². The SMILES string of the molecule is Cc1noc(C)c1S(=O)(=O)NC(C)c1ccc(-n2ccnc2)cc1. The molecule has 3 rings (SSSR count). The molecule has 7 nitrogen and oxygen atoms in total. The Hall–Kier alpha value is -2.45. The topological polar surface area (TPSA) is 90.0 Å². The predicted molar refractivity (Wildman–Crippen MR) is 88.3 cm³/mol. The number of nitrogens with zero attached hydrogens (tertiary/aromatic N) is 3. The molecule has 24 heavy (non-hydrogen) atoms. The maximum absolute atomic E-state index is 12.5. The zero-order chi connectivity index (χ0) is 17.3. The highest BCUT2D eigenvalue weighted by Crippen LogP contribution is 2.22. The van der Waals surface area contributed by atoms with Crippen LogP contribution in [0.25, 0.3) is 5.69 Å². The van der Waals surface area contributed by atoms with E-state index in [-0.39, 0.29) is 16.7 Å². The second kappa shape index (κ2) is 6.21. The highest BCUT2D eigenvalue weighted by atomic mass is 32.2. The molecule has 0 amide bonds. The summed E-state index contributed by atoms with van der Waals surface area (Å²) in [5.41, 5.74) is 2.16. The lowest BCUT2D eigenvalue weighted by molar-refractivity contribution is 0.390. The zero-order valence-corrected chi connectivity index (χ0v) is 14.4. The molecule has 0 aliphatic heterocycles. The number of hydrogen-bond acceptors (Lipinski definition) is 5. The number of rotatable bonds is 5. The van der Waals surface area contributed by atoms with Crippen LogP contribution in [0.15, 0.2) is 52.4 Å². The molecule has 1 N–H and O–H groups in total. The summed E-state index contributed by atoms with van der Waals surface area (Å²) in [5, 5.41) is 3.70. The number of aromatic nitrogens is 3. The Labute approximate surface area is 140 Å². The molecular formula is C16H18N4O3S. The molecule has 3 aromatic rings. The first-order chi connectivity index (χ1) is 11.4. The third-order valence-electron chi connectivity index (χ3n) is 3.76. The molecule has 2 heterocycles. The molecule has 0 saturated heterocycles. The van der Waals surface area contributed by atoms with Crippen LogP contribution < -0.4 is 4.72 Å². The number of hydrogen-bond donors (Lipinski definition) is 1. The van der Waals surface area contributed by atoms with Gasteiger partial charge >= 0.3 is 0 Å². The molecule has 1 unspecified atom stereocenters. The van der Waals surface area contributed by atoms with Gasteiger partial charge in [-0.3, -0.25) is 0 Å². The molecule has 0 saturated carbocycles. The Balaban J connectivity index is 1.81. The van der Waals surface area contributed by atoms with Crippen molar-refractivity contribution in [3.63, 3.8) is 0 Å². The molecule has 1 atom stereocenters. The Kier molecular flexibility index (Phi) is 4.25. The van der Waals surface area contributed by atoms with E-state index in [1.807, 2.05) is 35.0 Å². The number of nitrogens with one attached hydrogen (secondary N) is 1. The average molecular weight is 346 g/mol. The van der Waals surface area contributed by atoms with Crippen LogP contribution in [-0.2, 0) is 10.0 Å². The van der Waals surface area contributed by atoms with Gasteiger partial charge in [0.2, 0.25) is 10.0 Å². The zero-order valence-electron chi connectivity index (χ0n) is 13.6. The number of sulfonamides is 1. The van der Waals surface area contributed by atoms with E-state index >= 15 is 0 Å². The lowest BCUT2D eigenvalue weighted by atomic mass is 10.1. The van der Waals surface area contributed by atoms with Gasteiger partial charge in [0.1, 0.15) is 10.6 Å². The summed E-state index contributed by atoms with van der Waals surface area (Å²) in [4.78, 5) is 4.11. The minimum atomic E-state index is -3.70. The van der Waals surface area contributed by atoms with Crippen LogP contribution in [0.4, 0.5) is 0 Å².